The van der Waals surface area contributed by atoms with Gasteiger partial charge in [0, 0.05) is 35.8 Å². The lowest BCUT2D eigenvalue weighted by atomic mass is 9.91. The van der Waals surface area contributed by atoms with E-state index >= 15 is 0 Å². The summed E-state index contributed by atoms with van der Waals surface area (Å²) in [5.74, 6) is -0.737. The second-order valence-electron chi connectivity index (χ2n) is 13.9. The van der Waals surface area contributed by atoms with Crippen molar-refractivity contribution < 1.29 is 29.6 Å². The highest BCUT2D eigenvalue weighted by Gasteiger charge is 2.27. The fourth-order valence-corrected chi connectivity index (χ4v) is 6.49. The number of hydrogen-bond acceptors (Lipinski definition) is 8. The molecule has 0 saturated carbocycles. The molecule has 0 bridgehead atoms. The van der Waals surface area contributed by atoms with Crippen LogP contribution in [0.1, 0.15) is 105 Å². The third-order valence-electron chi connectivity index (χ3n) is 8.60. The highest BCUT2D eigenvalue weighted by Crippen LogP contribution is 2.33. The average Bonchev–Trinajstić information content (AvgIpc) is 3.50. The first kappa shape index (κ1) is 41.3. The van der Waals surface area contributed by atoms with Crippen LogP contribution in [-0.4, -0.2) is 51.7 Å². The van der Waals surface area contributed by atoms with Crippen molar-refractivity contribution in [3.63, 3.8) is 0 Å². The Morgan fingerprint density at radius 3 is 2.33 bits per heavy atom. The lowest BCUT2D eigenvalue weighted by molar-refractivity contribution is -0.146. The van der Waals surface area contributed by atoms with Crippen LogP contribution in [0, 0.1) is 23.7 Å². The smallest absolute Gasteiger partial charge is 0.334 e. The minimum Gasteiger partial charge on any atom is -0.452 e. The van der Waals surface area contributed by atoms with Gasteiger partial charge in [0.2, 0.25) is 0 Å². The van der Waals surface area contributed by atoms with Crippen molar-refractivity contribution in [3.8, 4) is 0 Å². The number of aliphatic hydroxyl groups is 3. The van der Waals surface area contributed by atoms with Crippen molar-refractivity contribution in [1.29, 1.82) is 0 Å². The Labute approximate surface area is 293 Å². The van der Waals surface area contributed by atoms with Gasteiger partial charge < -0.3 is 24.8 Å². The van der Waals surface area contributed by atoms with Gasteiger partial charge in [-0.25, -0.2) is 9.78 Å². The number of ether oxygens (including phenoxy) is 2. The van der Waals surface area contributed by atoms with Crippen molar-refractivity contribution in [2.45, 2.75) is 113 Å². The summed E-state index contributed by atoms with van der Waals surface area (Å²) < 4.78 is 11.9. The standard InChI is InChI=1S/C40H59NO6S/c1-24(2)19-36(44)39-41-33(23-48-39)38-29(7)14-12-13-28(6)37(46-11)32(10)34(42)18-16-25(3)20-27(5)21-31(9)35(43)22-26(4)15-17-30(8)40(45)47-38/h12-14,16-18,20-24,29,31-32,34-38,42-44H,15,19H2,1-11H3/b14-12+,18-16+,25-20-,26-22+,27-21-,28-13+,30-17+/t29-,31-,32-,34+,35+,36-,37+,38-/m0/s1. The normalized spacial score (nSPS) is 35.2. The summed E-state index contributed by atoms with van der Waals surface area (Å²) in [5, 5.41) is 35.1. The summed E-state index contributed by atoms with van der Waals surface area (Å²) in [6.45, 7) is 19.6. The van der Waals surface area contributed by atoms with Gasteiger partial charge in [-0.1, -0.05) is 106 Å². The zero-order chi connectivity index (χ0) is 36.1. The molecule has 7 nitrogen and oxygen atoms in total. The molecule has 1 aromatic rings. The van der Waals surface area contributed by atoms with Gasteiger partial charge in [0.25, 0.3) is 0 Å². The van der Waals surface area contributed by atoms with Gasteiger partial charge in [0.1, 0.15) is 11.1 Å². The molecular formula is C40H59NO6S. The lowest BCUT2D eigenvalue weighted by Gasteiger charge is -2.26. The predicted octanol–water partition coefficient (Wildman–Crippen LogP) is 8.70. The molecule has 3 N–H and O–H groups in total. The van der Waals surface area contributed by atoms with Crippen LogP contribution in [0.15, 0.2) is 87.9 Å². The highest BCUT2D eigenvalue weighted by atomic mass is 32.1. The Morgan fingerprint density at radius 2 is 1.69 bits per heavy atom. The van der Waals surface area contributed by atoms with E-state index in [0.717, 1.165) is 22.3 Å². The Hall–Kier alpha value is -2.88. The third kappa shape index (κ3) is 13.2. The van der Waals surface area contributed by atoms with Gasteiger partial charge in [-0.15, -0.1) is 11.3 Å². The summed E-state index contributed by atoms with van der Waals surface area (Å²) in [5.41, 5.74) is 4.94. The van der Waals surface area contributed by atoms with Crippen LogP contribution < -0.4 is 0 Å². The van der Waals surface area contributed by atoms with Crippen molar-refractivity contribution >= 4 is 17.3 Å². The van der Waals surface area contributed by atoms with Crippen molar-refractivity contribution in [1.82, 2.24) is 4.98 Å². The topological polar surface area (TPSA) is 109 Å². The minimum absolute atomic E-state index is 0.131. The second kappa shape index (κ2) is 20.0. The van der Waals surface area contributed by atoms with E-state index in [2.05, 4.69) is 13.8 Å². The Kier molecular flexibility index (Phi) is 17.2. The Morgan fingerprint density at radius 1 is 1.00 bits per heavy atom. The number of allylic oxidation sites excluding steroid dienone is 8. The molecular weight excluding hydrogens is 623 g/mol. The molecule has 0 saturated heterocycles. The zero-order valence-corrected chi connectivity index (χ0v) is 31.6. The molecule has 0 unspecified atom stereocenters. The summed E-state index contributed by atoms with van der Waals surface area (Å²) in [6, 6.07) is 0. The molecule has 0 spiro atoms. The van der Waals surface area contributed by atoms with Crippen LogP contribution in [0.2, 0.25) is 0 Å². The number of cyclic esters (lactones) is 1. The number of esters is 1. The number of rotatable bonds is 5. The van der Waals surface area contributed by atoms with Crippen LogP contribution >= 0.6 is 11.3 Å². The van der Waals surface area contributed by atoms with Crippen LogP contribution in [0.25, 0.3) is 0 Å². The predicted molar refractivity (Wildman–Crippen MR) is 197 cm³/mol. The van der Waals surface area contributed by atoms with Crippen LogP contribution in [0.5, 0.6) is 0 Å². The van der Waals surface area contributed by atoms with E-state index in [0.29, 0.717) is 35.0 Å². The van der Waals surface area contributed by atoms with Crippen molar-refractivity contribution in [2.75, 3.05) is 7.11 Å². The highest BCUT2D eigenvalue weighted by molar-refractivity contribution is 7.09. The van der Waals surface area contributed by atoms with Gasteiger partial charge in [0.15, 0.2) is 6.10 Å². The number of thiazole rings is 1. The number of hydrogen-bond donors (Lipinski definition) is 3. The molecule has 0 fully saturated rings. The SMILES string of the molecule is CO[C@@H]1/C(C)=C/C=C/[C@H](C)[C@@H](c2csc([C@@H](O)CC(C)C)n2)OC(=O)/C(C)=C/C/C(C)=C/[C@@H](O)[C@@H](C)\C=C(C)/C=C(C)\C=C\[C@@H](O)[C@@H]1C. The fraction of sp³-hybridized carbons (Fsp3) is 0.550. The molecule has 8 heteroatoms. The number of carbonyl (C=O) groups excluding carboxylic acids is 1. The first-order valence-electron chi connectivity index (χ1n) is 17.0. The monoisotopic (exact) mass is 681 g/mol. The Balaban J connectivity index is 2.55. The maximum atomic E-state index is 13.4. The Bertz CT molecular complexity index is 1410. The average molecular weight is 682 g/mol. The molecule has 0 radical (unpaired) electrons. The third-order valence-corrected chi connectivity index (χ3v) is 9.56. The lowest BCUT2D eigenvalue weighted by Crippen LogP contribution is -2.30. The van der Waals surface area contributed by atoms with Crippen molar-refractivity contribution in [3.05, 3.63) is 98.6 Å². The summed E-state index contributed by atoms with van der Waals surface area (Å²) in [7, 11) is 1.64. The van der Waals surface area contributed by atoms with Crippen LogP contribution in [0.4, 0.5) is 0 Å². The van der Waals surface area contributed by atoms with Gasteiger partial charge >= 0.3 is 5.97 Å². The minimum atomic E-state index is -0.738. The van der Waals surface area contributed by atoms with E-state index < -0.39 is 30.4 Å². The number of aliphatic hydroxyl groups excluding tert-OH is 3. The van der Waals surface area contributed by atoms with E-state index in [-0.39, 0.29) is 23.9 Å². The van der Waals surface area contributed by atoms with Crippen LogP contribution in [0.3, 0.4) is 0 Å². The summed E-state index contributed by atoms with van der Waals surface area (Å²) in [4.78, 5) is 18.1. The van der Waals surface area contributed by atoms with E-state index in [1.165, 1.54) is 11.3 Å². The number of aromatic nitrogens is 1. The number of methoxy groups -OCH3 is 1. The molecule has 2 heterocycles. The number of nitrogens with zero attached hydrogens (tertiary/aromatic N) is 1. The van der Waals surface area contributed by atoms with E-state index in [9.17, 15) is 20.1 Å². The van der Waals surface area contributed by atoms with Crippen LogP contribution in [-0.2, 0) is 14.3 Å². The molecule has 8 atom stereocenters. The molecule has 0 amide bonds. The molecule has 266 valence electrons. The number of carbonyl (C=O) groups is 1. The summed E-state index contributed by atoms with van der Waals surface area (Å²) in [6.07, 6.45) is 15.2. The molecule has 1 aliphatic rings. The van der Waals surface area contributed by atoms with E-state index in [1.807, 2.05) is 102 Å². The zero-order valence-electron chi connectivity index (χ0n) is 30.8. The summed E-state index contributed by atoms with van der Waals surface area (Å²) >= 11 is 1.37. The van der Waals surface area contributed by atoms with Gasteiger partial charge in [-0.2, -0.15) is 0 Å². The molecule has 1 aliphatic heterocycles. The maximum Gasteiger partial charge on any atom is 0.334 e. The quantitative estimate of drug-likeness (QED) is 0.211. The first-order valence-corrected chi connectivity index (χ1v) is 17.9. The molecule has 0 aromatic carbocycles. The van der Waals surface area contributed by atoms with Crippen molar-refractivity contribution in [2.24, 2.45) is 23.7 Å². The molecule has 1 aromatic heterocycles. The molecule has 48 heavy (non-hydrogen) atoms. The second-order valence-corrected chi connectivity index (χ2v) is 14.7. The van der Waals surface area contributed by atoms with Gasteiger partial charge in [-0.3, -0.25) is 0 Å². The van der Waals surface area contributed by atoms with Gasteiger partial charge in [-0.05, 0) is 59.0 Å². The van der Waals surface area contributed by atoms with Gasteiger partial charge in [0.05, 0.1) is 24.0 Å². The largest absolute Gasteiger partial charge is 0.452 e. The maximum absolute atomic E-state index is 13.4. The fourth-order valence-electron chi connectivity index (χ4n) is 5.65. The van der Waals surface area contributed by atoms with E-state index in [1.54, 1.807) is 20.1 Å². The first-order chi connectivity index (χ1) is 22.5. The molecule has 0 aliphatic carbocycles. The molecule has 2 rings (SSSR count). The van der Waals surface area contributed by atoms with E-state index in [4.69, 9.17) is 14.5 Å².